The summed E-state index contributed by atoms with van der Waals surface area (Å²) in [5.74, 6) is 0.593. The number of anilines is 1. The Kier molecular flexibility index (Phi) is 5.59. The molecule has 3 heterocycles. The molecule has 0 bridgehead atoms. The first kappa shape index (κ1) is 20.6. The van der Waals surface area contributed by atoms with E-state index in [-0.39, 0.29) is 11.9 Å². The Bertz CT molecular complexity index is 1260. The first-order valence-electron chi connectivity index (χ1n) is 10.7. The highest BCUT2D eigenvalue weighted by atomic mass is 35.5. The van der Waals surface area contributed by atoms with Crippen LogP contribution in [0.1, 0.15) is 23.2 Å². The Hall–Kier alpha value is -3.29. The van der Waals surface area contributed by atoms with E-state index in [4.69, 9.17) is 11.6 Å². The summed E-state index contributed by atoms with van der Waals surface area (Å²) in [4.78, 5) is 20.3. The second-order valence-corrected chi connectivity index (χ2v) is 8.47. The van der Waals surface area contributed by atoms with Gasteiger partial charge in [-0.05, 0) is 61.2 Å². The highest BCUT2D eigenvalue weighted by molar-refractivity contribution is 6.31. The Balaban J connectivity index is 1.55. The number of hydrogen-bond acceptors (Lipinski definition) is 5. The lowest BCUT2D eigenvalue weighted by Gasteiger charge is -2.34. The molecule has 32 heavy (non-hydrogen) atoms. The summed E-state index contributed by atoms with van der Waals surface area (Å²) in [6.07, 6.45) is 5.52. The van der Waals surface area contributed by atoms with E-state index in [2.05, 4.69) is 20.6 Å². The van der Waals surface area contributed by atoms with Crippen LogP contribution in [0.15, 0.2) is 60.9 Å². The molecule has 4 aromatic rings. The Morgan fingerprint density at radius 1 is 1.19 bits per heavy atom. The maximum Gasteiger partial charge on any atom is 0.259 e. The SMILES string of the molecule is Cn1cc(-c2ccc(C(=O)N(c3nccc4cc(Cl)ccc34)C3CCCNC3)cc2)nn1. The van der Waals surface area contributed by atoms with E-state index in [0.717, 1.165) is 48.0 Å². The minimum absolute atomic E-state index is 0.0182. The number of aromatic nitrogens is 4. The van der Waals surface area contributed by atoms with Gasteiger partial charge in [0, 0.05) is 41.3 Å². The van der Waals surface area contributed by atoms with Crippen molar-refractivity contribution in [1.82, 2.24) is 25.3 Å². The molecular weight excluding hydrogens is 424 g/mol. The van der Waals surface area contributed by atoms with Crippen molar-refractivity contribution in [3.63, 3.8) is 0 Å². The average molecular weight is 447 g/mol. The lowest BCUT2D eigenvalue weighted by atomic mass is 10.0. The predicted molar refractivity (Wildman–Crippen MR) is 126 cm³/mol. The van der Waals surface area contributed by atoms with Crippen molar-refractivity contribution in [2.75, 3.05) is 18.0 Å². The molecular formula is C24H23ClN6O. The van der Waals surface area contributed by atoms with Gasteiger partial charge in [0.2, 0.25) is 0 Å². The molecule has 0 radical (unpaired) electrons. The van der Waals surface area contributed by atoms with Crippen LogP contribution in [0.25, 0.3) is 22.0 Å². The molecule has 162 valence electrons. The molecule has 1 N–H and O–H groups in total. The van der Waals surface area contributed by atoms with Crippen molar-refractivity contribution >= 4 is 34.1 Å². The molecule has 1 unspecified atom stereocenters. The molecule has 1 amide bonds. The van der Waals surface area contributed by atoms with E-state index < -0.39 is 0 Å². The minimum Gasteiger partial charge on any atom is -0.315 e. The number of nitrogens with one attached hydrogen (secondary N) is 1. The zero-order chi connectivity index (χ0) is 22.1. The largest absolute Gasteiger partial charge is 0.315 e. The van der Waals surface area contributed by atoms with Gasteiger partial charge in [-0.15, -0.1) is 5.10 Å². The van der Waals surface area contributed by atoms with E-state index in [1.165, 1.54) is 0 Å². The van der Waals surface area contributed by atoms with E-state index in [0.29, 0.717) is 16.4 Å². The molecule has 1 aliphatic heterocycles. The third-order valence-electron chi connectivity index (χ3n) is 5.82. The van der Waals surface area contributed by atoms with Gasteiger partial charge in [0.15, 0.2) is 0 Å². The summed E-state index contributed by atoms with van der Waals surface area (Å²) in [5.41, 5.74) is 2.29. The van der Waals surface area contributed by atoms with Crippen LogP contribution >= 0.6 is 11.6 Å². The maximum absolute atomic E-state index is 13.8. The fraction of sp³-hybridized carbons (Fsp3) is 0.250. The summed E-state index contributed by atoms with van der Waals surface area (Å²) < 4.78 is 1.66. The predicted octanol–water partition coefficient (Wildman–Crippen LogP) is 4.08. The number of carbonyl (C=O) groups excluding carboxylic acids is 1. The molecule has 1 atom stereocenters. The first-order valence-corrected chi connectivity index (χ1v) is 11.0. The number of benzene rings is 2. The summed E-state index contributed by atoms with van der Waals surface area (Å²) in [6.45, 7) is 1.69. The van der Waals surface area contributed by atoms with Crippen LogP contribution in [-0.2, 0) is 7.05 Å². The van der Waals surface area contributed by atoms with Gasteiger partial charge in [-0.2, -0.15) is 0 Å². The van der Waals surface area contributed by atoms with Gasteiger partial charge in [-0.3, -0.25) is 14.4 Å². The van der Waals surface area contributed by atoms with Gasteiger partial charge >= 0.3 is 0 Å². The molecule has 1 saturated heterocycles. The van der Waals surface area contributed by atoms with E-state index in [9.17, 15) is 4.79 Å². The highest BCUT2D eigenvalue weighted by Crippen LogP contribution is 2.31. The second-order valence-electron chi connectivity index (χ2n) is 8.03. The van der Waals surface area contributed by atoms with Crippen LogP contribution < -0.4 is 10.2 Å². The lowest BCUT2D eigenvalue weighted by Crippen LogP contribution is -2.49. The summed E-state index contributed by atoms with van der Waals surface area (Å²) in [5, 5.41) is 14.1. The van der Waals surface area contributed by atoms with Gasteiger partial charge in [0.05, 0.1) is 12.2 Å². The van der Waals surface area contributed by atoms with Gasteiger partial charge in [-0.25, -0.2) is 4.98 Å². The van der Waals surface area contributed by atoms with Crippen molar-refractivity contribution in [3.8, 4) is 11.3 Å². The first-order chi connectivity index (χ1) is 15.6. The van der Waals surface area contributed by atoms with Gasteiger partial charge < -0.3 is 5.32 Å². The molecule has 0 saturated carbocycles. The molecule has 5 rings (SSSR count). The van der Waals surface area contributed by atoms with E-state index >= 15 is 0 Å². The Morgan fingerprint density at radius 2 is 2.03 bits per heavy atom. The zero-order valence-corrected chi connectivity index (χ0v) is 18.5. The molecule has 0 spiro atoms. The second kappa shape index (κ2) is 8.68. The maximum atomic E-state index is 13.8. The number of fused-ring (bicyclic) bond motifs is 1. The van der Waals surface area contributed by atoms with Crippen molar-refractivity contribution in [2.24, 2.45) is 7.05 Å². The fourth-order valence-electron chi connectivity index (χ4n) is 4.22. The van der Waals surface area contributed by atoms with Gasteiger partial charge in [0.1, 0.15) is 11.5 Å². The fourth-order valence-corrected chi connectivity index (χ4v) is 4.40. The number of nitrogens with zero attached hydrogens (tertiary/aromatic N) is 5. The number of pyridine rings is 1. The normalized spacial score (nSPS) is 16.2. The zero-order valence-electron chi connectivity index (χ0n) is 17.7. The quantitative estimate of drug-likeness (QED) is 0.511. The number of amides is 1. The number of halogens is 1. The van der Waals surface area contributed by atoms with Crippen LogP contribution in [0.2, 0.25) is 5.02 Å². The molecule has 2 aromatic carbocycles. The van der Waals surface area contributed by atoms with Gasteiger partial charge in [-0.1, -0.05) is 28.9 Å². The third-order valence-corrected chi connectivity index (χ3v) is 6.05. The standard InChI is InChI=1S/C24H23ClN6O/c1-30-15-22(28-29-30)16-4-6-17(7-5-16)24(32)31(20-3-2-11-26-14-20)23-21-9-8-19(25)13-18(21)10-12-27-23/h4-10,12-13,15,20,26H,2-3,11,14H2,1H3. The molecule has 1 aliphatic rings. The molecule has 7 nitrogen and oxygen atoms in total. The average Bonchev–Trinajstić information content (AvgIpc) is 3.26. The van der Waals surface area contributed by atoms with Crippen molar-refractivity contribution < 1.29 is 4.79 Å². The summed E-state index contributed by atoms with van der Waals surface area (Å²) >= 11 is 6.20. The minimum atomic E-state index is -0.0701. The van der Waals surface area contributed by atoms with Crippen molar-refractivity contribution in [3.05, 3.63) is 71.5 Å². The van der Waals surface area contributed by atoms with E-state index in [1.807, 2.05) is 66.7 Å². The molecule has 8 heteroatoms. The van der Waals surface area contributed by atoms with E-state index in [1.54, 1.807) is 10.9 Å². The van der Waals surface area contributed by atoms with Crippen LogP contribution in [0.5, 0.6) is 0 Å². The van der Waals surface area contributed by atoms with Crippen molar-refractivity contribution in [2.45, 2.75) is 18.9 Å². The van der Waals surface area contributed by atoms with Crippen LogP contribution in [-0.4, -0.2) is 45.0 Å². The Morgan fingerprint density at radius 3 is 2.75 bits per heavy atom. The number of hydrogen-bond donors (Lipinski definition) is 1. The molecule has 1 fully saturated rings. The van der Waals surface area contributed by atoms with Crippen LogP contribution in [0, 0.1) is 0 Å². The van der Waals surface area contributed by atoms with Gasteiger partial charge in [0.25, 0.3) is 5.91 Å². The summed E-state index contributed by atoms with van der Waals surface area (Å²) in [7, 11) is 1.83. The smallest absolute Gasteiger partial charge is 0.259 e. The molecule has 2 aromatic heterocycles. The number of rotatable bonds is 4. The third kappa shape index (κ3) is 3.97. The van der Waals surface area contributed by atoms with Crippen LogP contribution in [0.3, 0.4) is 0 Å². The van der Waals surface area contributed by atoms with Crippen LogP contribution in [0.4, 0.5) is 5.82 Å². The highest BCUT2D eigenvalue weighted by Gasteiger charge is 2.30. The Labute approximate surface area is 191 Å². The summed E-state index contributed by atoms with van der Waals surface area (Å²) in [6, 6.07) is 15.1. The lowest BCUT2D eigenvalue weighted by molar-refractivity contribution is 0.0972. The van der Waals surface area contributed by atoms with Crippen molar-refractivity contribution in [1.29, 1.82) is 0 Å². The number of aryl methyl sites for hydroxylation is 1. The number of piperidine rings is 1. The molecule has 0 aliphatic carbocycles. The number of carbonyl (C=O) groups is 1. The monoisotopic (exact) mass is 446 g/mol. The topological polar surface area (TPSA) is 75.9 Å².